The lowest BCUT2D eigenvalue weighted by atomic mass is 9.80. The highest BCUT2D eigenvalue weighted by atomic mass is 15.0. The average molecular weight is 197 g/mol. The van der Waals surface area contributed by atoms with E-state index in [2.05, 4.69) is 39.9 Å². The van der Waals surface area contributed by atoms with Crippen LogP contribution in [0.2, 0.25) is 0 Å². The van der Waals surface area contributed by atoms with E-state index in [0.717, 1.165) is 23.8 Å². The van der Waals surface area contributed by atoms with Gasteiger partial charge in [-0.3, -0.25) is 0 Å². The second kappa shape index (κ2) is 5.16. The van der Waals surface area contributed by atoms with Crippen molar-refractivity contribution in [2.24, 2.45) is 17.8 Å². The van der Waals surface area contributed by atoms with Crippen LogP contribution in [0, 0.1) is 17.8 Å². The minimum absolute atomic E-state index is 0.664. The van der Waals surface area contributed by atoms with Crippen LogP contribution in [-0.4, -0.2) is 12.1 Å². The highest BCUT2D eigenvalue weighted by Gasteiger charge is 2.25. The maximum atomic E-state index is 3.78. The van der Waals surface area contributed by atoms with Crippen molar-refractivity contribution in [2.75, 3.05) is 0 Å². The van der Waals surface area contributed by atoms with Gasteiger partial charge in [0.15, 0.2) is 0 Å². The second-order valence-electron chi connectivity index (χ2n) is 5.81. The summed E-state index contributed by atoms with van der Waals surface area (Å²) < 4.78 is 0. The lowest BCUT2D eigenvalue weighted by Crippen LogP contribution is -2.43. The van der Waals surface area contributed by atoms with Crippen LogP contribution in [0.15, 0.2) is 0 Å². The van der Waals surface area contributed by atoms with Crippen LogP contribution in [0.1, 0.15) is 53.9 Å². The third-order valence-electron chi connectivity index (χ3n) is 3.68. The summed E-state index contributed by atoms with van der Waals surface area (Å²) in [4.78, 5) is 0. The maximum absolute atomic E-state index is 3.78. The maximum Gasteiger partial charge on any atom is 0.00747 e. The Labute approximate surface area is 89.7 Å². The molecule has 4 atom stereocenters. The zero-order valence-electron chi connectivity index (χ0n) is 10.5. The van der Waals surface area contributed by atoms with Gasteiger partial charge >= 0.3 is 0 Å². The van der Waals surface area contributed by atoms with Gasteiger partial charge in [-0.2, -0.15) is 0 Å². The van der Waals surface area contributed by atoms with E-state index in [1.165, 1.54) is 19.3 Å². The second-order valence-corrected chi connectivity index (χ2v) is 5.81. The molecule has 1 aliphatic carbocycles. The van der Waals surface area contributed by atoms with Gasteiger partial charge in [-0.1, -0.05) is 27.7 Å². The predicted octanol–water partition coefficient (Wildman–Crippen LogP) is 3.45. The molecule has 1 saturated carbocycles. The van der Waals surface area contributed by atoms with Crippen molar-refractivity contribution in [1.29, 1.82) is 0 Å². The van der Waals surface area contributed by atoms with E-state index in [4.69, 9.17) is 0 Å². The van der Waals surface area contributed by atoms with E-state index in [1.54, 1.807) is 0 Å². The Bertz CT molecular complexity index is 155. The number of nitrogens with one attached hydrogen (secondary N) is 1. The molecule has 1 unspecified atom stereocenters. The SMILES string of the molecule is CC(C)[C@@H](C)NC1C[C@@H](C)C[C@@H](C)C1. The highest BCUT2D eigenvalue weighted by molar-refractivity contribution is 4.82. The Kier molecular flexibility index (Phi) is 4.43. The number of hydrogen-bond donors (Lipinski definition) is 1. The summed E-state index contributed by atoms with van der Waals surface area (Å²) in [6, 6.07) is 1.43. The minimum atomic E-state index is 0.664. The van der Waals surface area contributed by atoms with Gasteiger partial charge in [0, 0.05) is 12.1 Å². The monoisotopic (exact) mass is 197 g/mol. The molecule has 0 aromatic rings. The number of rotatable bonds is 3. The summed E-state index contributed by atoms with van der Waals surface area (Å²) in [6.07, 6.45) is 4.18. The Hall–Kier alpha value is -0.0400. The van der Waals surface area contributed by atoms with E-state index >= 15 is 0 Å². The van der Waals surface area contributed by atoms with E-state index in [9.17, 15) is 0 Å². The van der Waals surface area contributed by atoms with Crippen LogP contribution in [0.3, 0.4) is 0 Å². The molecule has 0 aliphatic heterocycles. The molecule has 0 aromatic carbocycles. The summed E-state index contributed by atoms with van der Waals surface area (Å²) in [5, 5.41) is 3.78. The molecule has 1 heteroatoms. The van der Waals surface area contributed by atoms with Gasteiger partial charge in [0.05, 0.1) is 0 Å². The van der Waals surface area contributed by atoms with Gasteiger partial charge in [-0.15, -0.1) is 0 Å². The minimum Gasteiger partial charge on any atom is -0.311 e. The lowest BCUT2D eigenvalue weighted by Gasteiger charge is -2.34. The Balaban J connectivity index is 2.36. The standard InChI is InChI=1S/C13H27N/c1-9(2)12(5)14-13-7-10(3)6-11(4)8-13/h9-14H,6-8H2,1-5H3/t10-,11+,12-,13?/m1/s1. The molecule has 1 fully saturated rings. The summed E-state index contributed by atoms with van der Waals surface area (Å²) >= 11 is 0. The third kappa shape index (κ3) is 3.61. The molecular formula is C13H27N. The molecule has 0 aromatic heterocycles. The van der Waals surface area contributed by atoms with Crippen molar-refractivity contribution >= 4 is 0 Å². The van der Waals surface area contributed by atoms with Gasteiger partial charge in [-0.05, 0) is 43.9 Å². The molecular weight excluding hydrogens is 170 g/mol. The first kappa shape index (κ1) is 12.0. The molecule has 14 heavy (non-hydrogen) atoms. The van der Waals surface area contributed by atoms with Crippen LogP contribution in [0.25, 0.3) is 0 Å². The van der Waals surface area contributed by atoms with Crippen molar-refractivity contribution in [3.05, 3.63) is 0 Å². The van der Waals surface area contributed by atoms with Crippen molar-refractivity contribution in [3.63, 3.8) is 0 Å². The van der Waals surface area contributed by atoms with Gasteiger partial charge in [0.25, 0.3) is 0 Å². The quantitative estimate of drug-likeness (QED) is 0.731. The fourth-order valence-corrected chi connectivity index (χ4v) is 2.65. The van der Waals surface area contributed by atoms with Crippen LogP contribution in [0.5, 0.6) is 0 Å². The summed E-state index contributed by atoms with van der Waals surface area (Å²) in [6.45, 7) is 11.7. The Morgan fingerprint density at radius 2 is 1.43 bits per heavy atom. The zero-order valence-corrected chi connectivity index (χ0v) is 10.5. The van der Waals surface area contributed by atoms with E-state index in [1.807, 2.05) is 0 Å². The zero-order chi connectivity index (χ0) is 10.7. The van der Waals surface area contributed by atoms with E-state index < -0.39 is 0 Å². The van der Waals surface area contributed by atoms with Gasteiger partial charge < -0.3 is 5.32 Å². The molecule has 0 bridgehead atoms. The normalized spacial score (nSPS) is 36.0. The third-order valence-corrected chi connectivity index (χ3v) is 3.68. The molecule has 0 spiro atoms. The molecule has 0 amide bonds. The van der Waals surface area contributed by atoms with Crippen molar-refractivity contribution in [1.82, 2.24) is 5.32 Å². The van der Waals surface area contributed by atoms with Crippen molar-refractivity contribution in [3.8, 4) is 0 Å². The largest absolute Gasteiger partial charge is 0.311 e. The van der Waals surface area contributed by atoms with Crippen LogP contribution in [-0.2, 0) is 0 Å². The Morgan fingerprint density at radius 3 is 1.86 bits per heavy atom. The molecule has 84 valence electrons. The van der Waals surface area contributed by atoms with Crippen LogP contribution in [0.4, 0.5) is 0 Å². The average Bonchev–Trinajstić information content (AvgIpc) is 2.01. The van der Waals surface area contributed by atoms with Gasteiger partial charge in [-0.25, -0.2) is 0 Å². The lowest BCUT2D eigenvalue weighted by molar-refractivity contribution is 0.217. The summed E-state index contributed by atoms with van der Waals surface area (Å²) in [5.74, 6) is 2.58. The molecule has 1 aliphatic rings. The van der Waals surface area contributed by atoms with E-state index in [0.29, 0.717) is 6.04 Å². The summed E-state index contributed by atoms with van der Waals surface area (Å²) in [7, 11) is 0. The van der Waals surface area contributed by atoms with E-state index in [-0.39, 0.29) is 0 Å². The van der Waals surface area contributed by atoms with Crippen molar-refractivity contribution < 1.29 is 0 Å². The fraction of sp³-hybridized carbons (Fsp3) is 1.00. The first-order chi connectivity index (χ1) is 6.49. The predicted molar refractivity (Wildman–Crippen MR) is 63.4 cm³/mol. The highest BCUT2D eigenvalue weighted by Crippen LogP contribution is 2.28. The van der Waals surface area contributed by atoms with Gasteiger partial charge in [0.1, 0.15) is 0 Å². The molecule has 1 nitrogen and oxygen atoms in total. The molecule has 0 heterocycles. The molecule has 0 radical (unpaired) electrons. The molecule has 1 rings (SSSR count). The number of hydrogen-bond acceptors (Lipinski definition) is 1. The van der Waals surface area contributed by atoms with Crippen molar-refractivity contribution in [2.45, 2.75) is 66.0 Å². The van der Waals surface area contributed by atoms with Gasteiger partial charge in [0.2, 0.25) is 0 Å². The van der Waals surface area contributed by atoms with Crippen LogP contribution >= 0.6 is 0 Å². The Morgan fingerprint density at radius 1 is 0.929 bits per heavy atom. The summed E-state index contributed by atoms with van der Waals surface area (Å²) in [5.41, 5.74) is 0. The smallest absolute Gasteiger partial charge is 0.00747 e. The molecule has 0 saturated heterocycles. The topological polar surface area (TPSA) is 12.0 Å². The first-order valence-corrected chi connectivity index (χ1v) is 6.25. The first-order valence-electron chi connectivity index (χ1n) is 6.25. The molecule has 1 N–H and O–H groups in total. The van der Waals surface area contributed by atoms with Crippen LogP contribution < -0.4 is 5.32 Å². The fourth-order valence-electron chi connectivity index (χ4n) is 2.65.